The Morgan fingerprint density at radius 3 is 1.27 bits per heavy atom. The maximum Gasteiger partial charge on any atom is 0.306 e. The van der Waals surface area contributed by atoms with E-state index in [4.69, 9.17) is 18.9 Å². The molecule has 1 aliphatic rings. The molecule has 1 heterocycles. The first-order valence-corrected chi connectivity index (χ1v) is 21.1. The standard InChI is InChI=1S/C43H78O8/c1-4-6-8-10-12-14-16-18-20-22-24-26-28-30-32-34-38(45)50-41-40(47)37(36-44)49-43(48-3)42(41)51-39(46)35-33-31-29-27-25-23-21-19-17-15-13-11-9-7-5-2/h18-21,37,40-44,47H,4-17,22-36H2,1-3H3/t37-,40-,41+,42-,43?/m1/s1. The normalized spacial score (nSPS) is 20.8. The van der Waals surface area contributed by atoms with Gasteiger partial charge in [0.2, 0.25) is 0 Å². The summed E-state index contributed by atoms with van der Waals surface area (Å²) >= 11 is 0. The third-order valence-corrected chi connectivity index (χ3v) is 9.85. The molecule has 5 atom stereocenters. The van der Waals surface area contributed by atoms with Crippen molar-refractivity contribution in [1.29, 1.82) is 0 Å². The molecule has 1 unspecified atom stereocenters. The second-order valence-corrected chi connectivity index (χ2v) is 14.5. The summed E-state index contributed by atoms with van der Waals surface area (Å²) in [6.45, 7) is 4.01. The van der Waals surface area contributed by atoms with Gasteiger partial charge in [-0.05, 0) is 64.2 Å². The summed E-state index contributed by atoms with van der Waals surface area (Å²) in [7, 11) is 1.39. The molecular weight excluding hydrogens is 644 g/mol. The summed E-state index contributed by atoms with van der Waals surface area (Å²) in [6, 6.07) is 0. The Labute approximate surface area is 312 Å². The first-order valence-electron chi connectivity index (χ1n) is 21.1. The van der Waals surface area contributed by atoms with Gasteiger partial charge in [0.15, 0.2) is 18.5 Å². The van der Waals surface area contributed by atoms with Crippen molar-refractivity contribution in [2.45, 2.75) is 224 Å². The molecule has 298 valence electrons. The van der Waals surface area contributed by atoms with E-state index in [1.54, 1.807) is 0 Å². The molecule has 0 aliphatic carbocycles. The fraction of sp³-hybridized carbons (Fsp3) is 0.860. The summed E-state index contributed by atoms with van der Waals surface area (Å²) in [5, 5.41) is 20.6. The molecule has 8 heteroatoms. The van der Waals surface area contributed by atoms with Crippen LogP contribution in [-0.4, -0.2) is 66.6 Å². The lowest BCUT2D eigenvalue weighted by molar-refractivity contribution is -0.300. The summed E-state index contributed by atoms with van der Waals surface area (Å²) in [6.07, 6.45) is 34.3. The smallest absolute Gasteiger partial charge is 0.306 e. The minimum atomic E-state index is -1.35. The highest BCUT2D eigenvalue weighted by atomic mass is 16.7. The molecule has 1 saturated heterocycles. The fourth-order valence-electron chi connectivity index (χ4n) is 6.59. The number of esters is 2. The van der Waals surface area contributed by atoms with E-state index in [9.17, 15) is 19.8 Å². The molecule has 0 bridgehead atoms. The zero-order chi connectivity index (χ0) is 37.2. The van der Waals surface area contributed by atoms with Crippen molar-refractivity contribution in [2.24, 2.45) is 0 Å². The van der Waals surface area contributed by atoms with E-state index in [1.165, 1.54) is 97.0 Å². The van der Waals surface area contributed by atoms with Gasteiger partial charge in [-0.2, -0.15) is 0 Å². The molecule has 0 spiro atoms. The topological polar surface area (TPSA) is 112 Å². The summed E-state index contributed by atoms with van der Waals surface area (Å²) in [5.41, 5.74) is 0. The van der Waals surface area contributed by atoms with Crippen LogP contribution in [0.4, 0.5) is 0 Å². The zero-order valence-electron chi connectivity index (χ0n) is 33.0. The number of allylic oxidation sites excluding steroid dienone is 4. The van der Waals surface area contributed by atoms with Crippen LogP contribution in [0, 0.1) is 0 Å². The molecule has 2 N–H and O–H groups in total. The number of hydrogen-bond acceptors (Lipinski definition) is 8. The van der Waals surface area contributed by atoms with Gasteiger partial charge < -0.3 is 29.2 Å². The molecule has 0 aromatic heterocycles. The second-order valence-electron chi connectivity index (χ2n) is 14.5. The van der Waals surface area contributed by atoms with Gasteiger partial charge in [0.1, 0.15) is 12.2 Å². The van der Waals surface area contributed by atoms with Gasteiger partial charge in [0, 0.05) is 20.0 Å². The number of aliphatic hydroxyl groups is 2. The van der Waals surface area contributed by atoms with E-state index in [0.29, 0.717) is 12.8 Å². The van der Waals surface area contributed by atoms with Gasteiger partial charge in [-0.1, -0.05) is 141 Å². The average molecular weight is 723 g/mol. The number of aliphatic hydroxyl groups excluding tert-OH is 2. The Bertz CT molecular complexity index is 874. The van der Waals surface area contributed by atoms with Crippen LogP contribution >= 0.6 is 0 Å². The highest BCUT2D eigenvalue weighted by molar-refractivity contribution is 5.70. The number of carbonyl (C=O) groups is 2. The van der Waals surface area contributed by atoms with Crippen LogP contribution in [-0.2, 0) is 28.5 Å². The van der Waals surface area contributed by atoms with E-state index in [-0.39, 0.29) is 12.8 Å². The lowest BCUT2D eigenvalue weighted by Gasteiger charge is -2.42. The number of methoxy groups -OCH3 is 1. The van der Waals surface area contributed by atoms with Crippen LogP contribution in [0.1, 0.15) is 194 Å². The van der Waals surface area contributed by atoms with Crippen molar-refractivity contribution < 1.29 is 38.7 Å². The molecular formula is C43H78O8. The molecule has 51 heavy (non-hydrogen) atoms. The SMILES string of the molecule is CCCCCCCCC=CCCCCCCCC(=O)O[C@H]1[C@H](O)[C@@H](CO)OC(OC)[C@@H]1OC(=O)CCCCCCCC=CCCCCCCCC. The first-order chi connectivity index (χ1) is 25.0. The van der Waals surface area contributed by atoms with E-state index in [2.05, 4.69) is 38.2 Å². The maximum atomic E-state index is 12.8. The molecule has 1 rings (SSSR count). The van der Waals surface area contributed by atoms with E-state index in [1.807, 2.05) is 0 Å². The lowest BCUT2D eigenvalue weighted by Crippen LogP contribution is -2.61. The summed E-state index contributed by atoms with van der Waals surface area (Å²) in [4.78, 5) is 25.6. The Balaban J connectivity index is 2.29. The van der Waals surface area contributed by atoms with Gasteiger partial charge in [-0.3, -0.25) is 9.59 Å². The second kappa shape index (κ2) is 34.1. The predicted molar refractivity (Wildman–Crippen MR) is 207 cm³/mol. The summed E-state index contributed by atoms with van der Waals surface area (Å²) in [5.74, 6) is -0.917. The van der Waals surface area contributed by atoms with Crippen molar-refractivity contribution in [3.8, 4) is 0 Å². The Kier molecular flexibility index (Phi) is 31.6. The van der Waals surface area contributed by atoms with Crippen molar-refractivity contribution in [3.05, 3.63) is 24.3 Å². The average Bonchev–Trinajstić information content (AvgIpc) is 3.13. The van der Waals surface area contributed by atoms with Crippen molar-refractivity contribution in [1.82, 2.24) is 0 Å². The van der Waals surface area contributed by atoms with Crippen LogP contribution in [0.5, 0.6) is 0 Å². The molecule has 1 aliphatic heterocycles. The Morgan fingerprint density at radius 1 is 0.549 bits per heavy atom. The third kappa shape index (κ3) is 25.0. The van der Waals surface area contributed by atoms with Crippen LogP contribution in [0.3, 0.4) is 0 Å². The highest BCUT2D eigenvalue weighted by Gasteiger charge is 2.49. The number of unbranched alkanes of at least 4 members (excludes halogenated alkanes) is 22. The van der Waals surface area contributed by atoms with Gasteiger partial charge in [0.05, 0.1) is 6.61 Å². The van der Waals surface area contributed by atoms with Crippen LogP contribution in [0.25, 0.3) is 0 Å². The van der Waals surface area contributed by atoms with Crippen molar-refractivity contribution in [3.63, 3.8) is 0 Å². The number of hydrogen-bond donors (Lipinski definition) is 2. The minimum Gasteiger partial charge on any atom is -0.455 e. The number of rotatable bonds is 34. The molecule has 0 saturated carbocycles. The van der Waals surface area contributed by atoms with Crippen LogP contribution in [0.15, 0.2) is 24.3 Å². The predicted octanol–water partition coefficient (Wildman–Crippen LogP) is 10.6. The van der Waals surface area contributed by atoms with Gasteiger partial charge >= 0.3 is 11.9 Å². The fourth-order valence-corrected chi connectivity index (χ4v) is 6.59. The summed E-state index contributed by atoms with van der Waals surface area (Å²) < 4.78 is 22.4. The molecule has 1 fully saturated rings. The monoisotopic (exact) mass is 723 g/mol. The maximum absolute atomic E-state index is 12.8. The molecule has 0 amide bonds. The highest BCUT2D eigenvalue weighted by Crippen LogP contribution is 2.28. The van der Waals surface area contributed by atoms with Crippen LogP contribution in [0.2, 0.25) is 0 Å². The first kappa shape index (κ1) is 47.3. The van der Waals surface area contributed by atoms with E-state index >= 15 is 0 Å². The van der Waals surface area contributed by atoms with Crippen molar-refractivity contribution >= 4 is 11.9 Å². The Morgan fingerprint density at radius 2 is 0.902 bits per heavy atom. The molecule has 8 nitrogen and oxygen atoms in total. The molecule has 0 radical (unpaired) electrons. The van der Waals surface area contributed by atoms with E-state index in [0.717, 1.165) is 64.2 Å². The van der Waals surface area contributed by atoms with Gasteiger partial charge in [0.25, 0.3) is 0 Å². The minimum absolute atomic E-state index is 0.208. The zero-order valence-corrected chi connectivity index (χ0v) is 33.0. The largest absolute Gasteiger partial charge is 0.455 e. The van der Waals surface area contributed by atoms with Gasteiger partial charge in [-0.25, -0.2) is 0 Å². The third-order valence-electron chi connectivity index (χ3n) is 9.85. The number of carbonyl (C=O) groups excluding carboxylic acids is 2. The Hall–Kier alpha value is -1.74. The van der Waals surface area contributed by atoms with Crippen molar-refractivity contribution in [2.75, 3.05) is 13.7 Å². The molecule has 0 aromatic carbocycles. The lowest BCUT2D eigenvalue weighted by atomic mass is 9.98. The number of ether oxygens (including phenoxy) is 4. The van der Waals surface area contributed by atoms with Gasteiger partial charge in [-0.15, -0.1) is 0 Å². The quantitative estimate of drug-likeness (QED) is 0.0384. The van der Waals surface area contributed by atoms with Crippen LogP contribution < -0.4 is 0 Å². The van der Waals surface area contributed by atoms with E-state index < -0.39 is 49.3 Å². The molecule has 0 aromatic rings.